The smallest absolute Gasteiger partial charge is 0.276 e. The van der Waals surface area contributed by atoms with Crippen LogP contribution < -0.4 is 10.2 Å². The number of nitrogens with one attached hydrogen (secondary N) is 1. The third-order valence-electron chi connectivity index (χ3n) is 7.18. The molecule has 3 aromatic rings. The minimum atomic E-state index is -0.572. The van der Waals surface area contributed by atoms with Crippen LogP contribution in [0.3, 0.4) is 0 Å². The Morgan fingerprint density at radius 3 is 1.85 bits per heavy atom. The van der Waals surface area contributed by atoms with Gasteiger partial charge in [-0.05, 0) is 52.9 Å². The maximum atomic E-state index is 13.5. The van der Waals surface area contributed by atoms with Crippen molar-refractivity contribution in [3.8, 4) is 5.75 Å². The Bertz CT molecular complexity index is 1250. The van der Waals surface area contributed by atoms with Gasteiger partial charge in [0.1, 0.15) is 5.75 Å². The van der Waals surface area contributed by atoms with Crippen molar-refractivity contribution in [3.05, 3.63) is 99.6 Å². The molecule has 3 amide bonds. The van der Waals surface area contributed by atoms with Gasteiger partial charge in [0, 0.05) is 16.9 Å². The van der Waals surface area contributed by atoms with Crippen LogP contribution in [0.2, 0.25) is 5.02 Å². The molecule has 2 unspecified atom stereocenters. The average Bonchev–Trinajstić information content (AvgIpc) is 3.09. The number of carbonyl (C=O) groups is 3. The first-order chi connectivity index (χ1) is 16.5. The predicted octanol–water partition coefficient (Wildman–Crippen LogP) is 3.95. The zero-order valence-corrected chi connectivity index (χ0v) is 19.1. The van der Waals surface area contributed by atoms with E-state index < -0.39 is 17.7 Å². The van der Waals surface area contributed by atoms with Crippen LogP contribution >= 0.6 is 11.6 Å². The van der Waals surface area contributed by atoms with Crippen molar-refractivity contribution in [2.45, 2.75) is 18.8 Å². The highest BCUT2D eigenvalue weighted by Gasteiger charge is 2.62. The molecule has 3 aliphatic carbocycles. The zero-order chi connectivity index (χ0) is 23.6. The first-order valence-corrected chi connectivity index (χ1v) is 11.6. The molecule has 3 aromatic carbocycles. The number of rotatable bonds is 4. The second-order valence-corrected chi connectivity index (χ2v) is 9.45. The summed E-state index contributed by atoms with van der Waals surface area (Å²) in [7, 11) is 0. The third kappa shape index (κ3) is 2.98. The Morgan fingerprint density at radius 2 is 1.38 bits per heavy atom. The van der Waals surface area contributed by atoms with E-state index in [1.54, 1.807) is 18.2 Å². The Labute approximate surface area is 201 Å². The summed E-state index contributed by atoms with van der Waals surface area (Å²) in [4.78, 5) is 39.6. The molecule has 1 fully saturated rings. The molecule has 2 atom stereocenters. The number of carbonyl (C=O) groups excluding carboxylic acids is 3. The molecule has 1 saturated heterocycles. The Kier molecular flexibility index (Phi) is 4.74. The molecule has 1 N–H and O–H groups in total. The molecule has 0 aromatic heterocycles. The minimum absolute atomic E-state index is 0.214. The van der Waals surface area contributed by atoms with Gasteiger partial charge < -0.3 is 4.74 Å². The van der Waals surface area contributed by atoms with Crippen LogP contribution in [-0.4, -0.2) is 29.3 Å². The lowest BCUT2D eigenvalue weighted by atomic mass is 9.55. The summed E-state index contributed by atoms with van der Waals surface area (Å²) >= 11 is 5.96. The number of nitrogens with zero attached hydrogens (tertiary/aromatic N) is 1. The number of hydrogen-bond acceptors (Lipinski definition) is 4. The summed E-state index contributed by atoms with van der Waals surface area (Å²) in [6.45, 7) is 1.49. The molecular weight excluding hydrogens is 452 g/mol. The minimum Gasteiger partial charge on any atom is -0.483 e. The number of benzene rings is 3. The van der Waals surface area contributed by atoms with Gasteiger partial charge in [-0.2, -0.15) is 5.01 Å². The van der Waals surface area contributed by atoms with Gasteiger partial charge in [-0.15, -0.1) is 0 Å². The zero-order valence-electron chi connectivity index (χ0n) is 18.3. The largest absolute Gasteiger partial charge is 0.483 e. The maximum Gasteiger partial charge on any atom is 0.276 e. The summed E-state index contributed by atoms with van der Waals surface area (Å²) in [5.41, 5.74) is 7.63. The van der Waals surface area contributed by atoms with Gasteiger partial charge in [-0.25, -0.2) is 0 Å². The molecule has 1 heterocycles. The number of ether oxygens (including phenoxy) is 1. The maximum absolute atomic E-state index is 13.5. The average molecular weight is 473 g/mol. The molecule has 6 nitrogen and oxygen atoms in total. The van der Waals surface area contributed by atoms with E-state index >= 15 is 0 Å². The Morgan fingerprint density at radius 1 is 0.882 bits per heavy atom. The second-order valence-electron chi connectivity index (χ2n) is 9.01. The molecule has 1 aliphatic heterocycles. The van der Waals surface area contributed by atoms with Crippen molar-refractivity contribution >= 4 is 29.3 Å². The van der Waals surface area contributed by atoms with Gasteiger partial charge in [0.05, 0.1) is 11.8 Å². The third-order valence-corrected chi connectivity index (χ3v) is 7.42. The number of hydrazine groups is 1. The highest BCUT2D eigenvalue weighted by atomic mass is 35.5. The topological polar surface area (TPSA) is 75.7 Å². The van der Waals surface area contributed by atoms with Crippen LogP contribution in [0.5, 0.6) is 5.75 Å². The first kappa shape index (κ1) is 20.9. The first-order valence-electron chi connectivity index (χ1n) is 11.2. The lowest BCUT2D eigenvalue weighted by molar-refractivity contribution is -0.149. The molecule has 34 heavy (non-hydrogen) atoms. The monoisotopic (exact) mass is 472 g/mol. The SMILES string of the molecule is Cc1cc(Cl)ccc1OCC(=O)NN1C(=O)C2C3c4ccccc4C(c4ccccc43)C2C1=O. The van der Waals surface area contributed by atoms with Crippen molar-refractivity contribution < 1.29 is 19.1 Å². The number of aryl methyl sites for hydroxylation is 1. The summed E-state index contributed by atoms with van der Waals surface area (Å²) in [5.74, 6) is -2.31. The van der Waals surface area contributed by atoms with Crippen LogP contribution in [0, 0.1) is 18.8 Å². The van der Waals surface area contributed by atoms with E-state index in [-0.39, 0.29) is 30.3 Å². The van der Waals surface area contributed by atoms with Gasteiger partial charge in [-0.1, -0.05) is 60.1 Å². The molecule has 2 bridgehead atoms. The lowest BCUT2D eigenvalue weighted by Gasteiger charge is -2.45. The van der Waals surface area contributed by atoms with Gasteiger partial charge in [0.25, 0.3) is 17.7 Å². The van der Waals surface area contributed by atoms with Gasteiger partial charge in [0.15, 0.2) is 6.61 Å². The van der Waals surface area contributed by atoms with E-state index in [2.05, 4.69) is 5.43 Å². The van der Waals surface area contributed by atoms with Crippen molar-refractivity contribution in [1.82, 2.24) is 10.4 Å². The molecule has 0 saturated carbocycles. The van der Waals surface area contributed by atoms with E-state index in [1.807, 2.05) is 55.5 Å². The normalized spacial score (nSPS) is 23.9. The quantitative estimate of drug-likeness (QED) is 0.583. The van der Waals surface area contributed by atoms with Gasteiger partial charge >= 0.3 is 0 Å². The Hall–Kier alpha value is -3.64. The van der Waals surface area contributed by atoms with Crippen molar-refractivity contribution in [3.63, 3.8) is 0 Å². The van der Waals surface area contributed by atoms with Crippen LogP contribution in [0.25, 0.3) is 0 Å². The predicted molar refractivity (Wildman–Crippen MR) is 125 cm³/mol. The van der Waals surface area contributed by atoms with Crippen LogP contribution in [0.1, 0.15) is 39.7 Å². The molecule has 7 heteroatoms. The van der Waals surface area contributed by atoms with E-state index in [9.17, 15) is 14.4 Å². The van der Waals surface area contributed by atoms with Crippen LogP contribution in [0.4, 0.5) is 0 Å². The molecule has 0 spiro atoms. The fourth-order valence-corrected chi connectivity index (χ4v) is 6.09. The van der Waals surface area contributed by atoms with Crippen LogP contribution in [0.15, 0.2) is 66.7 Å². The Balaban J connectivity index is 1.27. The molecule has 170 valence electrons. The van der Waals surface area contributed by atoms with E-state index in [1.165, 1.54) is 0 Å². The summed E-state index contributed by atoms with van der Waals surface area (Å²) in [6.07, 6.45) is 0. The van der Waals surface area contributed by atoms with Crippen LogP contribution in [-0.2, 0) is 14.4 Å². The van der Waals surface area contributed by atoms with Crippen molar-refractivity contribution in [2.75, 3.05) is 6.61 Å². The van der Waals surface area contributed by atoms with Crippen molar-refractivity contribution in [1.29, 1.82) is 0 Å². The van der Waals surface area contributed by atoms with E-state index in [4.69, 9.17) is 16.3 Å². The summed E-state index contributed by atoms with van der Waals surface area (Å²) in [6, 6.07) is 21.1. The number of hydrogen-bond donors (Lipinski definition) is 1. The highest BCUT2D eigenvalue weighted by Crippen LogP contribution is 2.60. The lowest BCUT2D eigenvalue weighted by Crippen LogP contribution is -2.48. The fraction of sp³-hybridized carbons (Fsp3) is 0.222. The molecular formula is C27H21ClN2O4. The molecule has 4 aliphatic rings. The molecule has 7 rings (SSSR count). The van der Waals surface area contributed by atoms with E-state index in [0.29, 0.717) is 10.8 Å². The second kappa shape index (κ2) is 7.71. The van der Waals surface area contributed by atoms with E-state index in [0.717, 1.165) is 32.8 Å². The van der Waals surface area contributed by atoms with Gasteiger partial charge in [0.2, 0.25) is 0 Å². The van der Waals surface area contributed by atoms with Gasteiger partial charge in [-0.3, -0.25) is 19.8 Å². The number of amides is 3. The standard InChI is InChI=1S/C27H21ClN2O4/c1-14-12-15(28)10-11-20(14)34-13-21(31)29-30-26(32)24-22-16-6-2-3-7-17(16)23(25(24)27(30)33)19-9-5-4-8-18(19)22/h2-12,22-25H,13H2,1H3,(H,29,31). The summed E-state index contributed by atoms with van der Waals surface area (Å²) < 4.78 is 5.59. The summed E-state index contributed by atoms with van der Waals surface area (Å²) in [5, 5.41) is 1.48. The fourth-order valence-electron chi connectivity index (χ4n) is 5.86. The molecule has 0 radical (unpaired) electrons. The van der Waals surface area contributed by atoms with Crippen molar-refractivity contribution in [2.24, 2.45) is 11.8 Å². The number of halogens is 1. The highest BCUT2D eigenvalue weighted by molar-refractivity contribution is 6.30. The number of imide groups is 1.